The van der Waals surface area contributed by atoms with Gasteiger partial charge in [0.2, 0.25) is 0 Å². The lowest BCUT2D eigenvalue weighted by Crippen LogP contribution is -2.27. The fourth-order valence-corrected chi connectivity index (χ4v) is 7.17. The molecule has 7 atom stereocenters. The maximum absolute atomic E-state index is 11.3. The highest BCUT2D eigenvalue weighted by molar-refractivity contribution is 5.71. The summed E-state index contributed by atoms with van der Waals surface area (Å²) in [6.07, 6.45) is 33.6. The van der Waals surface area contributed by atoms with Gasteiger partial charge in [-0.05, 0) is 86.0 Å². The minimum absolute atomic E-state index is 0. The summed E-state index contributed by atoms with van der Waals surface area (Å²) in [6.45, 7) is 8.01. The molecule has 0 N–H and O–H groups in total. The molecular formula is C34H54O2. The zero-order valence-electron chi connectivity index (χ0n) is 22.5. The first-order valence-corrected chi connectivity index (χ1v) is 14.7. The van der Waals surface area contributed by atoms with Crippen molar-refractivity contribution in [2.24, 2.45) is 40.9 Å². The molecule has 0 spiro atoms. The van der Waals surface area contributed by atoms with Crippen LogP contribution in [-0.4, -0.2) is 12.6 Å². The normalized spacial score (nSPS) is 33.3. The third-order valence-electron chi connectivity index (χ3n) is 9.26. The maximum Gasteiger partial charge on any atom is 0.145 e. The summed E-state index contributed by atoms with van der Waals surface area (Å²) in [5, 5.41) is 0. The molecule has 5 aliphatic carbocycles. The van der Waals surface area contributed by atoms with Crippen molar-refractivity contribution in [3.63, 3.8) is 0 Å². The molecule has 2 nitrogen and oxygen atoms in total. The SMILES string of the molecule is C.C1=CC2C3C=CC(C3)C2C1.C=C(C=O)CCCCCC.CCCCCCC1(C=O)CC2C=CC1C2. The van der Waals surface area contributed by atoms with Gasteiger partial charge >= 0.3 is 0 Å². The van der Waals surface area contributed by atoms with E-state index in [1.807, 2.05) is 0 Å². The zero-order chi connectivity index (χ0) is 25.1. The topological polar surface area (TPSA) is 34.1 Å². The van der Waals surface area contributed by atoms with Gasteiger partial charge in [-0.3, -0.25) is 4.79 Å². The van der Waals surface area contributed by atoms with E-state index in [1.165, 1.54) is 70.5 Å². The molecular weight excluding hydrogens is 440 g/mol. The molecule has 0 aromatic carbocycles. The van der Waals surface area contributed by atoms with Crippen LogP contribution in [0.1, 0.15) is 111 Å². The first-order valence-electron chi connectivity index (χ1n) is 14.7. The Labute approximate surface area is 222 Å². The summed E-state index contributed by atoms with van der Waals surface area (Å²) in [7, 11) is 0. The lowest BCUT2D eigenvalue weighted by Gasteiger charge is -2.29. The van der Waals surface area contributed by atoms with E-state index >= 15 is 0 Å². The summed E-state index contributed by atoms with van der Waals surface area (Å²) in [5.74, 6) is 5.11. The highest BCUT2D eigenvalue weighted by Crippen LogP contribution is 2.54. The average Bonchev–Trinajstić information content (AvgIpc) is 3.70. The molecule has 4 bridgehead atoms. The molecule has 0 saturated heterocycles. The first kappa shape index (κ1) is 30.5. The standard InChI is InChI=1S/C14H22O.C10H12.C9H16O.CH4/c1-2-3-4-5-8-14(11-15)10-12-6-7-13(14)9-12;1-2-9-7-4-5-8(6-7)10(9)3-1;1-3-4-5-6-7-9(2)8-10;/h6-7,11-13H,2-5,8-10H2,1H3;1-2,4-5,7-10H,3,6H2;8H,2-7H2,1H3;1H4. The Hall–Kier alpha value is -1.70. The van der Waals surface area contributed by atoms with Crippen molar-refractivity contribution >= 4 is 12.6 Å². The third-order valence-corrected chi connectivity index (χ3v) is 9.26. The molecule has 0 aromatic heterocycles. The van der Waals surface area contributed by atoms with Crippen molar-refractivity contribution in [3.8, 4) is 0 Å². The maximum atomic E-state index is 11.3. The van der Waals surface area contributed by atoms with Gasteiger partial charge < -0.3 is 4.79 Å². The molecule has 0 heterocycles. The molecule has 0 amide bonds. The molecule has 36 heavy (non-hydrogen) atoms. The van der Waals surface area contributed by atoms with E-state index < -0.39 is 0 Å². The van der Waals surface area contributed by atoms with E-state index in [-0.39, 0.29) is 12.8 Å². The smallest absolute Gasteiger partial charge is 0.145 e. The monoisotopic (exact) mass is 494 g/mol. The highest BCUT2D eigenvalue weighted by atomic mass is 16.1. The number of carbonyl (C=O) groups excluding carboxylic acids is 2. The third kappa shape index (κ3) is 7.90. The van der Waals surface area contributed by atoms with Gasteiger partial charge in [-0.1, -0.05) is 109 Å². The Kier molecular flexibility index (Phi) is 13.2. The zero-order valence-corrected chi connectivity index (χ0v) is 22.5. The van der Waals surface area contributed by atoms with Crippen molar-refractivity contribution < 1.29 is 9.59 Å². The Morgan fingerprint density at radius 1 is 0.889 bits per heavy atom. The second-order valence-corrected chi connectivity index (χ2v) is 11.8. The van der Waals surface area contributed by atoms with Crippen LogP contribution in [0.2, 0.25) is 0 Å². The van der Waals surface area contributed by atoms with Gasteiger partial charge in [0.15, 0.2) is 0 Å². The summed E-state index contributed by atoms with van der Waals surface area (Å²) in [6, 6.07) is 0. The highest BCUT2D eigenvalue weighted by Gasteiger charge is 2.47. The fraction of sp³-hybridized carbons (Fsp3) is 0.706. The van der Waals surface area contributed by atoms with Crippen LogP contribution in [0, 0.1) is 40.9 Å². The summed E-state index contributed by atoms with van der Waals surface area (Å²) in [4.78, 5) is 21.4. The van der Waals surface area contributed by atoms with Crippen LogP contribution < -0.4 is 0 Å². The molecule has 2 heteroatoms. The number of unbranched alkanes of at least 4 members (excludes halogenated alkanes) is 6. The van der Waals surface area contributed by atoms with Crippen LogP contribution >= 0.6 is 0 Å². The van der Waals surface area contributed by atoms with Crippen molar-refractivity contribution in [3.05, 3.63) is 48.6 Å². The number of carbonyl (C=O) groups is 2. The summed E-state index contributed by atoms with van der Waals surface area (Å²) in [5.41, 5.74) is 0.767. The predicted octanol–water partition coefficient (Wildman–Crippen LogP) is 9.47. The molecule has 0 radical (unpaired) electrons. The second-order valence-electron chi connectivity index (χ2n) is 11.8. The van der Waals surface area contributed by atoms with Gasteiger partial charge in [0.05, 0.1) is 0 Å². The fourth-order valence-electron chi connectivity index (χ4n) is 7.17. The molecule has 0 aromatic rings. The van der Waals surface area contributed by atoms with E-state index in [0.29, 0.717) is 11.8 Å². The molecule has 5 rings (SSSR count). The van der Waals surface area contributed by atoms with Gasteiger partial charge in [-0.25, -0.2) is 0 Å². The minimum Gasteiger partial charge on any atom is -0.303 e. The van der Waals surface area contributed by atoms with E-state index in [0.717, 1.165) is 61.2 Å². The Balaban J connectivity index is 0.000000194. The van der Waals surface area contributed by atoms with E-state index in [9.17, 15) is 9.59 Å². The van der Waals surface area contributed by atoms with Gasteiger partial charge in [-0.15, -0.1) is 0 Å². The number of hydrogen-bond acceptors (Lipinski definition) is 2. The van der Waals surface area contributed by atoms with Crippen LogP contribution in [0.15, 0.2) is 48.6 Å². The largest absolute Gasteiger partial charge is 0.303 e. The molecule has 2 saturated carbocycles. The minimum atomic E-state index is 0. The van der Waals surface area contributed by atoms with Crippen LogP contribution in [0.3, 0.4) is 0 Å². The van der Waals surface area contributed by atoms with Crippen molar-refractivity contribution in [2.45, 2.75) is 111 Å². The number of aldehydes is 2. The predicted molar refractivity (Wildman–Crippen MR) is 155 cm³/mol. The van der Waals surface area contributed by atoms with E-state index in [1.54, 1.807) is 0 Å². The molecule has 202 valence electrons. The van der Waals surface area contributed by atoms with Crippen LogP contribution in [-0.2, 0) is 9.59 Å². The van der Waals surface area contributed by atoms with Gasteiger partial charge in [0.1, 0.15) is 12.6 Å². The summed E-state index contributed by atoms with van der Waals surface area (Å²) < 4.78 is 0. The number of fused-ring (bicyclic) bond motifs is 7. The molecule has 7 unspecified atom stereocenters. The second kappa shape index (κ2) is 15.5. The Bertz CT molecular complexity index is 774. The molecule has 2 fully saturated rings. The Morgan fingerprint density at radius 3 is 2.19 bits per heavy atom. The number of allylic oxidation sites excluding steroid dienone is 7. The molecule has 5 aliphatic rings. The Morgan fingerprint density at radius 2 is 1.61 bits per heavy atom. The lowest BCUT2D eigenvalue weighted by atomic mass is 9.73. The van der Waals surface area contributed by atoms with E-state index in [4.69, 9.17) is 0 Å². The first-order chi connectivity index (χ1) is 17.1. The van der Waals surface area contributed by atoms with Gasteiger partial charge in [0, 0.05) is 5.41 Å². The van der Waals surface area contributed by atoms with E-state index in [2.05, 4.69) is 56.9 Å². The van der Waals surface area contributed by atoms with Gasteiger partial charge in [-0.2, -0.15) is 0 Å². The summed E-state index contributed by atoms with van der Waals surface area (Å²) >= 11 is 0. The van der Waals surface area contributed by atoms with Crippen molar-refractivity contribution in [2.75, 3.05) is 0 Å². The van der Waals surface area contributed by atoms with Gasteiger partial charge in [0.25, 0.3) is 0 Å². The van der Waals surface area contributed by atoms with Crippen LogP contribution in [0.5, 0.6) is 0 Å². The van der Waals surface area contributed by atoms with Crippen molar-refractivity contribution in [1.29, 1.82) is 0 Å². The van der Waals surface area contributed by atoms with Crippen LogP contribution in [0.25, 0.3) is 0 Å². The number of rotatable bonds is 12. The lowest BCUT2D eigenvalue weighted by molar-refractivity contribution is -0.118. The number of hydrogen-bond donors (Lipinski definition) is 0. The van der Waals surface area contributed by atoms with Crippen molar-refractivity contribution in [1.82, 2.24) is 0 Å². The molecule has 0 aliphatic heterocycles. The average molecular weight is 495 g/mol. The van der Waals surface area contributed by atoms with Crippen LogP contribution in [0.4, 0.5) is 0 Å². The quantitative estimate of drug-likeness (QED) is 0.117.